The number of hydrogen-bond donors (Lipinski definition) is 3. The predicted octanol–water partition coefficient (Wildman–Crippen LogP) is 1.93. The summed E-state index contributed by atoms with van der Waals surface area (Å²) in [6.07, 6.45) is 0.351. The average Bonchev–Trinajstić information content (AvgIpc) is 2.11. The summed E-state index contributed by atoms with van der Waals surface area (Å²) in [5.74, 6) is -0.247. The van der Waals surface area contributed by atoms with Crippen LogP contribution in [0.5, 0.6) is 11.5 Å². The number of rotatable bonds is 2. The maximum absolute atomic E-state index is 9.56. The van der Waals surface area contributed by atoms with Crippen molar-refractivity contribution < 1.29 is 15.3 Å². The first-order valence-corrected chi connectivity index (χ1v) is 5.02. The molecule has 15 heavy (non-hydrogen) atoms. The second kappa shape index (κ2) is 4.11. The van der Waals surface area contributed by atoms with Crippen LogP contribution in [0.1, 0.15) is 31.9 Å². The zero-order valence-corrected chi connectivity index (χ0v) is 9.41. The Labute approximate surface area is 90.0 Å². The van der Waals surface area contributed by atoms with Crippen LogP contribution in [0.15, 0.2) is 12.1 Å². The van der Waals surface area contributed by atoms with E-state index in [1.807, 2.05) is 26.8 Å². The van der Waals surface area contributed by atoms with E-state index in [1.165, 1.54) is 0 Å². The molecule has 0 spiro atoms. The van der Waals surface area contributed by atoms with Crippen molar-refractivity contribution in [3.05, 3.63) is 23.3 Å². The molecule has 0 unspecified atom stereocenters. The van der Waals surface area contributed by atoms with Crippen molar-refractivity contribution in [3.63, 3.8) is 0 Å². The van der Waals surface area contributed by atoms with Gasteiger partial charge in [0.25, 0.3) is 0 Å². The summed E-state index contributed by atoms with van der Waals surface area (Å²) in [6, 6.07) is 3.39. The fourth-order valence-electron chi connectivity index (χ4n) is 1.42. The van der Waals surface area contributed by atoms with Crippen molar-refractivity contribution in [3.8, 4) is 11.5 Å². The van der Waals surface area contributed by atoms with E-state index in [2.05, 4.69) is 0 Å². The van der Waals surface area contributed by atoms with Gasteiger partial charge in [0.05, 0.1) is 0 Å². The van der Waals surface area contributed by atoms with Gasteiger partial charge in [0.15, 0.2) is 11.5 Å². The molecule has 3 heteroatoms. The van der Waals surface area contributed by atoms with E-state index in [-0.39, 0.29) is 23.5 Å². The molecule has 1 aromatic carbocycles. The fourth-order valence-corrected chi connectivity index (χ4v) is 1.42. The standard InChI is InChI=1S/C12H18O3/c1-12(2,3)9-6-8(4-5-13)11(15)10(14)7-9/h6-7,13-15H,4-5H2,1-3H3. The quantitative estimate of drug-likeness (QED) is 0.654. The highest BCUT2D eigenvalue weighted by Gasteiger charge is 2.18. The number of hydrogen-bond acceptors (Lipinski definition) is 3. The molecule has 84 valence electrons. The zero-order valence-electron chi connectivity index (χ0n) is 9.41. The molecule has 0 fully saturated rings. The molecule has 0 saturated carbocycles. The Balaban J connectivity index is 3.23. The summed E-state index contributed by atoms with van der Waals surface area (Å²) in [4.78, 5) is 0. The third-order valence-electron chi connectivity index (χ3n) is 2.42. The maximum atomic E-state index is 9.56. The molecule has 0 atom stereocenters. The maximum Gasteiger partial charge on any atom is 0.160 e. The summed E-state index contributed by atoms with van der Waals surface area (Å²) in [7, 11) is 0. The third-order valence-corrected chi connectivity index (χ3v) is 2.42. The lowest BCUT2D eigenvalue weighted by atomic mass is 9.85. The molecule has 0 aliphatic heterocycles. The smallest absolute Gasteiger partial charge is 0.160 e. The largest absolute Gasteiger partial charge is 0.504 e. The Kier molecular flexibility index (Phi) is 3.25. The van der Waals surface area contributed by atoms with Gasteiger partial charge in [0, 0.05) is 12.2 Å². The molecule has 0 aliphatic rings. The first-order valence-electron chi connectivity index (χ1n) is 5.02. The van der Waals surface area contributed by atoms with Crippen LogP contribution in [-0.2, 0) is 11.8 Å². The Morgan fingerprint density at radius 2 is 1.73 bits per heavy atom. The SMILES string of the molecule is CC(C)(C)c1cc(O)c(O)c(CCO)c1. The van der Waals surface area contributed by atoms with Gasteiger partial charge in [-0.3, -0.25) is 0 Å². The molecule has 0 heterocycles. The van der Waals surface area contributed by atoms with Crippen LogP contribution in [0.2, 0.25) is 0 Å². The molecule has 0 aromatic heterocycles. The van der Waals surface area contributed by atoms with Crippen LogP contribution in [0, 0.1) is 0 Å². The molecule has 3 N–H and O–H groups in total. The Hall–Kier alpha value is -1.22. The second-order valence-electron chi connectivity index (χ2n) is 4.73. The minimum Gasteiger partial charge on any atom is -0.504 e. The van der Waals surface area contributed by atoms with Gasteiger partial charge in [0.2, 0.25) is 0 Å². The molecule has 0 radical (unpaired) electrons. The normalized spacial score (nSPS) is 11.7. The predicted molar refractivity (Wildman–Crippen MR) is 59.3 cm³/mol. The number of phenolic OH excluding ortho intramolecular Hbond substituents is 2. The van der Waals surface area contributed by atoms with Crippen LogP contribution in [0.4, 0.5) is 0 Å². The summed E-state index contributed by atoms with van der Waals surface area (Å²) in [5.41, 5.74) is 1.44. The van der Waals surface area contributed by atoms with E-state index in [0.29, 0.717) is 12.0 Å². The van der Waals surface area contributed by atoms with Crippen LogP contribution in [0.3, 0.4) is 0 Å². The van der Waals surface area contributed by atoms with E-state index in [1.54, 1.807) is 6.07 Å². The van der Waals surface area contributed by atoms with Crippen LogP contribution in [0.25, 0.3) is 0 Å². The van der Waals surface area contributed by atoms with E-state index in [0.717, 1.165) is 5.56 Å². The van der Waals surface area contributed by atoms with Gasteiger partial charge in [-0.25, -0.2) is 0 Å². The highest BCUT2D eigenvalue weighted by molar-refractivity contribution is 5.49. The van der Waals surface area contributed by atoms with Gasteiger partial charge in [-0.1, -0.05) is 26.8 Å². The molecule has 1 rings (SSSR count). The van der Waals surface area contributed by atoms with Gasteiger partial charge >= 0.3 is 0 Å². The number of aromatic hydroxyl groups is 2. The average molecular weight is 210 g/mol. The van der Waals surface area contributed by atoms with E-state index in [4.69, 9.17) is 5.11 Å². The molecule has 3 nitrogen and oxygen atoms in total. The summed E-state index contributed by atoms with van der Waals surface area (Å²) in [5, 5.41) is 27.9. The first-order chi connectivity index (χ1) is 6.86. The Morgan fingerprint density at radius 3 is 2.20 bits per heavy atom. The second-order valence-corrected chi connectivity index (χ2v) is 4.73. The van der Waals surface area contributed by atoms with Crippen LogP contribution >= 0.6 is 0 Å². The van der Waals surface area contributed by atoms with Crippen molar-refractivity contribution >= 4 is 0 Å². The topological polar surface area (TPSA) is 60.7 Å². The number of benzene rings is 1. The van der Waals surface area contributed by atoms with Gasteiger partial charge in [0.1, 0.15) is 0 Å². The molecule has 0 aliphatic carbocycles. The van der Waals surface area contributed by atoms with Gasteiger partial charge < -0.3 is 15.3 Å². The molecule has 0 amide bonds. The number of phenols is 2. The first kappa shape index (κ1) is 11.9. The Bertz CT molecular complexity index is 351. The summed E-state index contributed by atoms with van der Waals surface area (Å²) >= 11 is 0. The lowest BCUT2D eigenvalue weighted by Gasteiger charge is -2.21. The zero-order chi connectivity index (χ0) is 11.6. The van der Waals surface area contributed by atoms with Gasteiger partial charge in [-0.2, -0.15) is 0 Å². The fraction of sp³-hybridized carbons (Fsp3) is 0.500. The van der Waals surface area contributed by atoms with Crippen molar-refractivity contribution in [1.82, 2.24) is 0 Å². The summed E-state index contributed by atoms with van der Waals surface area (Å²) < 4.78 is 0. The highest BCUT2D eigenvalue weighted by Crippen LogP contribution is 2.35. The molecule has 0 saturated heterocycles. The van der Waals surface area contributed by atoms with Crippen molar-refractivity contribution in [2.45, 2.75) is 32.6 Å². The number of aliphatic hydroxyl groups is 1. The summed E-state index contributed by atoms with van der Waals surface area (Å²) in [6.45, 7) is 6.05. The van der Waals surface area contributed by atoms with E-state index in [9.17, 15) is 10.2 Å². The van der Waals surface area contributed by atoms with E-state index < -0.39 is 0 Å². The van der Waals surface area contributed by atoms with Crippen molar-refractivity contribution in [2.24, 2.45) is 0 Å². The molecule has 1 aromatic rings. The monoisotopic (exact) mass is 210 g/mol. The highest BCUT2D eigenvalue weighted by atomic mass is 16.3. The molecular formula is C12H18O3. The minimum absolute atomic E-state index is 0.0411. The van der Waals surface area contributed by atoms with Crippen LogP contribution in [-0.4, -0.2) is 21.9 Å². The third kappa shape index (κ3) is 2.63. The Morgan fingerprint density at radius 1 is 1.13 bits per heavy atom. The van der Waals surface area contributed by atoms with Crippen molar-refractivity contribution in [1.29, 1.82) is 0 Å². The lowest BCUT2D eigenvalue weighted by Crippen LogP contribution is -2.11. The lowest BCUT2D eigenvalue weighted by molar-refractivity contribution is 0.296. The van der Waals surface area contributed by atoms with Crippen molar-refractivity contribution in [2.75, 3.05) is 6.61 Å². The molecular weight excluding hydrogens is 192 g/mol. The minimum atomic E-state index is -0.128. The van der Waals surface area contributed by atoms with Gasteiger partial charge in [-0.15, -0.1) is 0 Å². The number of aliphatic hydroxyl groups excluding tert-OH is 1. The van der Waals surface area contributed by atoms with Crippen LogP contribution < -0.4 is 0 Å². The van der Waals surface area contributed by atoms with E-state index >= 15 is 0 Å². The van der Waals surface area contributed by atoms with Gasteiger partial charge in [-0.05, 0) is 23.5 Å². The molecule has 0 bridgehead atoms.